The van der Waals surface area contributed by atoms with Crippen molar-refractivity contribution in [1.29, 1.82) is 0 Å². The molecule has 0 aliphatic heterocycles. The predicted molar refractivity (Wildman–Crippen MR) is 82.4 cm³/mol. The third kappa shape index (κ3) is 3.15. The van der Waals surface area contributed by atoms with E-state index in [2.05, 4.69) is 21.2 Å². The summed E-state index contributed by atoms with van der Waals surface area (Å²) in [7, 11) is 0. The predicted octanol–water partition coefficient (Wildman–Crippen LogP) is 3.90. The van der Waals surface area contributed by atoms with Crippen LogP contribution in [-0.2, 0) is 0 Å². The van der Waals surface area contributed by atoms with Crippen molar-refractivity contribution in [1.82, 2.24) is 0 Å². The maximum atomic E-state index is 12.1. The minimum atomic E-state index is -0.125. The molecule has 0 aromatic heterocycles. The SMILES string of the molecule is Cc1cc(NC(=O)c2ccc(Br)c(C)c2)ccc1N. The molecule has 0 bridgehead atoms. The molecule has 0 heterocycles. The Kier molecular flexibility index (Phi) is 3.90. The van der Waals surface area contributed by atoms with Crippen molar-refractivity contribution in [3.63, 3.8) is 0 Å². The number of amides is 1. The van der Waals surface area contributed by atoms with E-state index in [1.807, 2.05) is 32.0 Å². The van der Waals surface area contributed by atoms with Crippen LogP contribution in [0.3, 0.4) is 0 Å². The summed E-state index contributed by atoms with van der Waals surface area (Å²) in [5.41, 5.74) is 9.83. The Balaban J connectivity index is 2.20. The Bertz CT molecular complexity index is 638. The lowest BCUT2D eigenvalue weighted by atomic mass is 10.1. The molecule has 0 aliphatic rings. The molecule has 0 unspecified atom stereocenters. The molecule has 2 aromatic carbocycles. The molecule has 98 valence electrons. The molecule has 19 heavy (non-hydrogen) atoms. The summed E-state index contributed by atoms with van der Waals surface area (Å²) in [6.45, 7) is 3.86. The summed E-state index contributed by atoms with van der Waals surface area (Å²) in [6, 6.07) is 11.0. The number of hydrogen-bond donors (Lipinski definition) is 2. The zero-order valence-corrected chi connectivity index (χ0v) is 12.4. The van der Waals surface area contributed by atoms with Crippen molar-refractivity contribution in [2.75, 3.05) is 11.1 Å². The van der Waals surface area contributed by atoms with Crippen molar-refractivity contribution >= 4 is 33.2 Å². The highest BCUT2D eigenvalue weighted by Gasteiger charge is 2.08. The fourth-order valence-corrected chi connectivity index (χ4v) is 1.99. The number of carbonyl (C=O) groups is 1. The zero-order valence-electron chi connectivity index (χ0n) is 10.8. The van der Waals surface area contributed by atoms with Crippen molar-refractivity contribution in [3.05, 3.63) is 57.6 Å². The van der Waals surface area contributed by atoms with Gasteiger partial charge in [-0.2, -0.15) is 0 Å². The molecule has 2 aromatic rings. The standard InChI is InChI=1S/C15H15BrN2O/c1-9-7-11(3-5-13(9)16)15(19)18-12-4-6-14(17)10(2)8-12/h3-8H,17H2,1-2H3,(H,18,19). The molecule has 0 radical (unpaired) electrons. The van der Waals surface area contributed by atoms with Crippen LogP contribution < -0.4 is 11.1 Å². The number of nitrogens with one attached hydrogen (secondary N) is 1. The number of nitrogen functional groups attached to an aromatic ring is 1. The summed E-state index contributed by atoms with van der Waals surface area (Å²) in [5.74, 6) is -0.125. The summed E-state index contributed by atoms with van der Waals surface area (Å²) >= 11 is 3.42. The Hall–Kier alpha value is -1.81. The molecule has 3 N–H and O–H groups in total. The van der Waals surface area contributed by atoms with Gasteiger partial charge in [0, 0.05) is 21.4 Å². The second kappa shape index (κ2) is 5.45. The number of benzene rings is 2. The number of nitrogens with two attached hydrogens (primary N) is 1. The van der Waals surface area contributed by atoms with E-state index < -0.39 is 0 Å². The highest BCUT2D eigenvalue weighted by molar-refractivity contribution is 9.10. The van der Waals surface area contributed by atoms with Crippen molar-refractivity contribution in [2.45, 2.75) is 13.8 Å². The van der Waals surface area contributed by atoms with Crippen molar-refractivity contribution in [3.8, 4) is 0 Å². The highest BCUT2D eigenvalue weighted by Crippen LogP contribution is 2.20. The lowest BCUT2D eigenvalue weighted by Crippen LogP contribution is -2.12. The Morgan fingerprint density at radius 1 is 1.11 bits per heavy atom. The number of halogens is 1. The largest absolute Gasteiger partial charge is 0.399 e. The van der Waals surface area contributed by atoms with Crippen molar-refractivity contribution in [2.24, 2.45) is 0 Å². The van der Waals surface area contributed by atoms with E-state index in [9.17, 15) is 4.79 Å². The maximum Gasteiger partial charge on any atom is 0.255 e. The number of anilines is 2. The number of hydrogen-bond acceptors (Lipinski definition) is 2. The van der Waals surface area contributed by atoms with E-state index in [0.717, 1.165) is 27.0 Å². The third-order valence-corrected chi connectivity index (χ3v) is 3.84. The van der Waals surface area contributed by atoms with Gasteiger partial charge in [0.15, 0.2) is 0 Å². The molecule has 2 rings (SSSR count). The molecule has 0 fully saturated rings. The molecule has 3 nitrogen and oxygen atoms in total. The first-order valence-corrected chi connectivity index (χ1v) is 6.70. The molecule has 4 heteroatoms. The van der Waals surface area contributed by atoms with Crippen molar-refractivity contribution < 1.29 is 4.79 Å². The Morgan fingerprint density at radius 2 is 1.84 bits per heavy atom. The minimum absolute atomic E-state index is 0.125. The van der Waals surface area contributed by atoms with Crippen LogP contribution in [0.5, 0.6) is 0 Å². The molecule has 0 spiro atoms. The maximum absolute atomic E-state index is 12.1. The Morgan fingerprint density at radius 3 is 2.47 bits per heavy atom. The molecular weight excluding hydrogens is 304 g/mol. The van der Waals surface area contributed by atoms with Crippen LogP contribution >= 0.6 is 15.9 Å². The molecule has 1 amide bonds. The van der Waals surface area contributed by atoms with Crippen LogP contribution in [0.25, 0.3) is 0 Å². The van der Waals surface area contributed by atoms with Crippen LogP contribution in [0.2, 0.25) is 0 Å². The van der Waals surface area contributed by atoms with E-state index >= 15 is 0 Å². The van der Waals surface area contributed by atoms with E-state index in [-0.39, 0.29) is 5.91 Å². The van der Waals surface area contributed by atoms with Gasteiger partial charge in [-0.1, -0.05) is 15.9 Å². The molecule has 0 saturated heterocycles. The smallest absolute Gasteiger partial charge is 0.255 e. The highest BCUT2D eigenvalue weighted by atomic mass is 79.9. The Labute approximate surface area is 121 Å². The third-order valence-electron chi connectivity index (χ3n) is 2.95. The zero-order chi connectivity index (χ0) is 14.0. The van der Waals surface area contributed by atoms with Crippen LogP contribution in [0, 0.1) is 13.8 Å². The fourth-order valence-electron chi connectivity index (χ4n) is 1.74. The summed E-state index contributed by atoms with van der Waals surface area (Å²) < 4.78 is 0.993. The van der Waals surface area contributed by atoms with Crippen LogP contribution in [0.4, 0.5) is 11.4 Å². The van der Waals surface area contributed by atoms with Gasteiger partial charge < -0.3 is 11.1 Å². The lowest BCUT2D eigenvalue weighted by molar-refractivity contribution is 0.102. The summed E-state index contributed by atoms with van der Waals surface area (Å²) in [6.07, 6.45) is 0. The topological polar surface area (TPSA) is 55.1 Å². The number of rotatable bonds is 2. The van der Waals surface area contributed by atoms with Gasteiger partial charge in [-0.25, -0.2) is 0 Å². The number of aryl methyl sites for hydroxylation is 2. The quantitative estimate of drug-likeness (QED) is 0.825. The molecular formula is C15H15BrN2O. The second-order valence-electron chi connectivity index (χ2n) is 4.49. The first-order chi connectivity index (χ1) is 8.97. The first kappa shape index (κ1) is 13.6. The van der Waals surface area contributed by atoms with E-state index in [4.69, 9.17) is 5.73 Å². The average molecular weight is 319 g/mol. The van der Waals surface area contributed by atoms with Gasteiger partial charge in [0.2, 0.25) is 0 Å². The monoisotopic (exact) mass is 318 g/mol. The second-order valence-corrected chi connectivity index (χ2v) is 5.34. The number of carbonyl (C=O) groups excluding carboxylic acids is 1. The molecule has 0 saturated carbocycles. The van der Waals surface area contributed by atoms with Gasteiger partial charge in [-0.15, -0.1) is 0 Å². The van der Waals surface area contributed by atoms with Gasteiger partial charge in [-0.3, -0.25) is 4.79 Å². The van der Waals surface area contributed by atoms with Gasteiger partial charge >= 0.3 is 0 Å². The van der Waals surface area contributed by atoms with Crippen LogP contribution in [-0.4, -0.2) is 5.91 Å². The molecule has 0 atom stereocenters. The average Bonchev–Trinajstić information content (AvgIpc) is 2.37. The van der Waals surface area contributed by atoms with Crippen LogP contribution in [0.1, 0.15) is 21.5 Å². The molecule has 0 aliphatic carbocycles. The van der Waals surface area contributed by atoms with E-state index in [1.165, 1.54) is 0 Å². The van der Waals surface area contributed by atoms with Gasteiger partial charge in [0.25, 0.3) is 5.91 Å². The van der Waals surface area contributed by atoms with Crippen LogP contribution in [0.15, 0.2) is 40.9 Å². The van der Waals surface area contributed by atoms with E-state index in [1.54, 1.807) is 18.2 Å². The first-order valence-electron chi connectivity index (χ1n) is 5.91. The summed E-state index contributed by atoms with van der Waals surface area (Å²) in [5, 5.41) is 2.86. The fraction of sp³-hybridized carbons (Fsp3) is 0.133. The van der Waals surface area contributed by atoms with Gasteiger partial charge in [0.1, 0.15) is 0 Å². The minimum Gasteiger partial charge on any atom is -0.399 e. The summed E-state index contributed by atoms with van der Waals surface area (Å²) in [4.78, 5) is 12.1. The van der Waals surface area contributed by atoms with Gasteiger partial charge in [-0.05, 0) is 61.4 Å². The normalized spacial score (nSPS) is 10.3. The van der Waals surface area contributed by atoms with E-state index in [0.29, 0.717) is 5.56 Å². The lowest BCUT2D eigenvalue weighted by Gasteiger charge is -2.08. The van der Waals surface area contributed by atoms with Gasteiger partial charge in [0.05, 0.1) is 0 Å².